The molecule has 1 N–H and O–H groups in total. The number of hydrogen-bond acceptors (Lipinski definition) is 6. The van der Waals surface area contributed by atoms with E-state index >= 15 is 0 Å². The van der Waals surface area contributed by atoms with Gasteiger partial charge in [-0.25, -0.2) is 8.42 Å². The highest BCUT2D eigenvalue weighted by Crippen LogP contribution is 2.32. The minimum atomic E-state index is -3.02. The molecule has 0 aliphatic carbocycles. The molecule has 29 heavy (non-hydrogen) atoms. The number of rotatable bonds is 5. The van der Waals surface area contributed by atoms with Crippen LogP contribution in [0.5, 0.6) is 0 Å². The SMILES string of the molecule is Cl.O=C(COCC1CNCCOC1c1ccc(Cl)c(Cl)c1)N1CCS(=O)(=O)CC1. The third kappa shape index (κ3) is 6.95. The van der Waals surface area contributed by atoms with E-state index in [4.69, 9.17) is 32.7 Å². The third-order valence-corrected chi connectivity index (χ3v) is 7.29. The third-order valence-electron chi connectivity index (χ3n) is 4.94. The highest BCUT2D eigenvalue weighted by Gasteiger charge is 2.28. The molecule has 11 heteroatoms. The second kappa shape index (κ2) is 11.1. The lowest BCUT2D eigenvalue weighted by atomic mass is 9.96. The van der Waals surface area contributed by atoms with Crippen molar-refractivity contribution in [1.82, 2.24) is 10.2 Å². The van der Waals surface area contributed by atoms with Crippen LogP contribution in [0.3, 0.4) is 0 Å². The van der Waals surface area contributed by atoms with Gasteiger partial charge in [0, 0.05) is 32.1 Å². The predicted molar refractivity (Wildman–Crippen MR) is 115 cm³/mol. The van der Waals surface area contributed by atoms with Gasteiger partial charge in [0.25, 0.3) is 0 Å². The fraction of sp³-hybridized carbons (Fsp3) is 0.611. The van der Waals surface area contributed by atoms with Crippen LogP contribution < -0.4 is 5.32 Å². The van der Waals surface area contributed by atoms with Crippen LogP contribution >= 0.6 is 35.6 Å². The molecule has 2 aliphatic rings. The number of ether oxygens (including phenoxy) is 2. The molecule has 1 aromatic carbocycles. The highest BCUT2D eigenvalue weighted by atomic mass is 35.5. The van der Waals surface area contributed by atoms with E-state index in [1.807, 2.05) is 6.07 Å². The number of benzene rings is 1. The van der Waals surface area contributed by atoms with Crippen molar-refractivity contribution in [3.05, 3.63) is 33.8 Å². The van der Waals surface area contributed by atoms with Crippen LogP contribution in [-0.2, 0) is 24.1 Å². The number of nitrogens with one attached hydrogen (secondary N) is 1. The molecule has 2 fully saturated rings. The summed E-state index contributed by atoms with van der Waals surface area (Å²) in [7, 11) is -3.02. The summed E-state index contributed by atoms with van der Waals surface area (Å²) < 4.78 is 34.6. The average Bonchev–Trinajstić information content (AvgIpc) is 2.89. The Labute approximate surface area is 187 Å². The van der Waals surface area contributed by atoms with Crippen molar-refractivity contribution >= 4 is 51.4 Å². The molecule has 0 saturated carbocycles. The Bertz CT molecular complexity index is 795. The first-order chi connectivity index (χ1) is 13.4. The topological polar surface area (TPSA) is 84.9 Å². The van der Waals surface area contributed by atoms with Crippen molar-refractivity contribution in [2.24, 2.45) is 5.92 Å². The normalized spacial score (nSPS) is 24.4. The molecule has 7 nitrogen and oxygen atoms in total. The number of nitrogens with zero attached hydrogens (tertiary/aromatic N) is 1. The van der Waals surface area contributed by atoms with Crippen LogP contribution in [0.15, 0.2) is 18.2 Å². The Morgan fingerprint density at radius 2 is 1.97 bits per heavy atom. The Morgan fingerprint density at radius 3 is 2.66 bits per heavy atom. The summed E-state index contributed by atoms with van der Waals surface area (Å²) in [6.45, 7) is 2.68. The van der Waals surface area contributed by atoms with Gasteiger partial charge in [0.2, 0.25) is 5.91 Å². The van der Waals surface area contributed by atoms with Crippen LogP contribution in [0.2, 0.25) is 10.0 Å². The van der Waals surface area contributed by atoms with Crippen molar-refractivity contribution in [1.29, 1.82) is 0 Å². The van der Waals surface area contributed by atoms with Crippen LogP contribution in [0, 0.1) is 5.92 Å². The van der Waals surface area contributed by atoms with E-state index in [0.717, 1.165) is 12.1 Å². The smallest absolute Gasteiger partial charge is 0.248 e. The van der Waals surface area contributed by atoms with Crippen LogP contribution in [0.1, 0.15) is 11.7 Å². The quantitative estimate of drug-likeness (QED) is 0.683. The molecule has 0 bridgehead atoms. The minimum absolute atomic E-state index is 0. The fourth-order valence-electron chi connectivity index (χ4n) is 3.34. The number of amides is 1. The Morgan fingerprint density at radius 1 is 1.24 bits per heavy atom. The maximum atomic E-state index is 12.3. The Hall–Kier alpha value is -0.610. The molecule has 3 rings (SSSR count). The van der Waals surface area contributed by atoms with E-state index in [2.05, 4.69) is 5.32 Å². The number of carbonyl (C=O) groups excluding carboxylic acids is 1. The maximum Gasteiger partial charge on any atom is 0.248 e. The average molecular weight is 488 g/mol. The molecule has 0 radical (unpaired) electrons. The summed E-state index contributed by atoms with van der Waals surface area (Å²) in [4.78, 5) is 13.8. The molecule has 0 aromatic heterocycles. The number of halogens is 3. The van der Waals surface area contributed by atoms with Gasteiger partial charge in [-0.05, 0) is 17.7 Å². The molecular formula is C18H25Cl3N2O5S. The van der Waals surface area contributed by atoms with Crippen molar-refractivity contribution in [3.8, 4) is 0 Å². The first-order valence-electron chi connectivity index (χ1n) is 9.19. The molecule has 2 atom stereocenters. The van der Waals surface area contributed by atoms with Gasteiger partial charge in [-0.15, -0.1) is 12.4 Å². The van der Waals surface area contributed by atoms with Crippen molar-refractivity contribution < 1.29 is 22.7 Å². The van der Waals surface area contributed by atoms with Gasteiger partial charge in [-0.1, -0.05) is 29.3 Å². The maximum absolute atomic E-state index is 12.3. The first kappa shape index (κ1) is 24.7. The molecule has 164 valence electrons. The summed E-state index contributed by atoms with van der Waals surface area (Å²) in [6.07, 6.45) is -0.222. The van der Waals surface area contributed by atoms with Gasteiger partial charge >= 0.3 is 0 Å². The zero-order chi connectivity index (χ0) is 20.1. The number of carbonyl (C=O) groups is 1. The Kier molecular flexibility index (Phi) is 9.47. The van der Waals surface area contributed by atoms with E-state index in [1.54, 1.807) is 17.0 Å². The largest absolute Gasteiger partial charge is 0.372 e. The number of hydrogen-bond donors (Lipinski definition) is 1. The first-order valence-corrected chi connectivity index (χ1v) is 11.8. The second-order valence-corrected chi connectivity index (χ2v) is 10.1. The van der Waals surface area contributed by atoms with Gasteiger partial charge in [-0.2, -0.15) is 0 Å². The zero-order valence-electron chi connectivity index (χ0n) is 15.8. The number of sulfone groups is 1. The van der Waals surface area contributed by atoms with Crippen LogP contribution in [0.25, 0.3) is 0 Å². The lowest BCUT2D eigenvalue weighted by Gasteiger charge is -2.28. The van der Waals surface area contributed by atoms with Gasteiger partial charge in [-0.3, -0.25) is 4.79 Å². The van der Waals surface area contributed by atoms with Gasteiger partial charge in [0.1, 0.15) is 6.61 Å². The zero-order valence-corrected chi connectivity index (χ0v) is 19.0. The Balaban J connectivity index is 0.00000300. The van der Waals surface area contributed by atoms with Gasteiger partial charge < -0.3 is 19.7 Å². The van der Waals surface area contributed by atoms with Crippen molar-refractivity contribution in [2.75, 3.05) is 57.5 Å². The molecule has 2 heterocycles. The van der Waals surface area contributed by atoms with E-state index in [-0.39, 0.29) is 61.5 Å². The standard InChI is InChI=1S/C18H24Cl2N2O5S.ClH/c19-15-2-1-13(9-16(15)20)18-14(10-21-3-6-27-18)11-26-12-17(23)22-4-7-28(24,25)8-5-22;/h1-2,9,14,18,21H,3-8,10-12H2;1H. The molecular weight excluding hydrogens is 463 g/mol. The molecule has 1 amide bonds. The lowest BCUT2D eigenvalue weighted by molar-refractivity contribution is -0.136. The lowest BCUT2D eigenvalue weighted by Crippen LogP contribution is -2.45. The van der Waals surface area contributed by atoms with E-state index in [1.165, 1.54) is 0 Å². The summed E-state index contributed by atoms with van der Waals surface area (Å²) in [5, 5.41) is 4.26. The molecule has 0 spiro atoms. The molecule has 2 aliphatic heterocycles. The monoisotopic (exact) mass is 486 g/mol. The molecule has 2 unspecified atom stereocenters. The summed E-state index contributed by atoms with van der Waals surface area (Å²) >= 11 is 12.2. The van der Waals surface area contributed by atoms with Gasteiger partial charge in [0.05, 0.1) is 40.9 Å². The summed E-state index contributed by atoms with van der Waals surface area (Å²) in [5.41, 5.74) is 0.916. The van der Waals surface area contributed by atoms with Crippen molar-refractivity contribution in [2.45, 2.75) is 6.10 Å². The molecule has 1 aromatic rings. The van der Waals surface area contributed by atoms with E-state index in [9.17, 15) is 13.2 Å². The minimum Gasteiger partial charge on any atom is -0.372 e. The fourth-order valence-corrected chi connectivity index (χ4v) is 4.85. The second-order valence-electron chi connectivity index (χ2n) is 6.98. The predicted octanol–water partition coefficient (Wildman–Crippen LogP) is 1.97. The molecule has 2 saturated heterocycles. The highest BCUT2D eigenvalue weighted by molar-refractivity contribution is 7.91. The summed E-state index contributed by atoms with van der Waals surface area (Å²) in [5.74, 6) is -0.172. The van der Waals surface area contributed by atoms with Crippen LogP contribution in [-0.4, -0.2) is 76.7 Å². The summed E-state index contributed by atoms with van der Waals surface area (Å²) in [6, 6.07) is 5.43. The van der Waals surface area contributed by atoms with Gasteiger partial charge in [0.15, 0.2) is 9.84 Å². The van der Waals surface area contributed by atoms with E-state index in [0.29, 0.717) is 29.8 Å². The van der Waals surface area contributed by atoms with E-state index < -0.39 is 9.84 Å². The van der Waals surface area contributed by atoms with Crippen molar-refractivity contribution in [3.63, 3.8) is 0 Å². The van der Waals surface area contributed by atoms with Crippen LogP contribution in [0.4, 0.5) is 0 Å².